The fraction of sp³-hybridized carbons (Fsp3) is 0.355. The van der Waals surface area contributed by atoms with Crippen molar-refractivity contribution in [3.8, 4) is 11.5 Å². The van der Waals surface area contributed by atoms with Gasteiger partial charge < -0.3 is 24.8 Å². The maximum Gasteiger partial charge on any atom is 0.303 e. The minimum Gasteiger partial charge on any atom is -0.496 e. The van der Waals surface area contributed by atoms with Gasteiger partial charge >= 0.3 is 5.97 Å². The number of para-hydroxylation sites is 1. The maximum absolute atomic E-state index is 13.7. The number of carboxylic acid groups (broad SMARTS) is 1. The van der Waals surface area contributed by atoms with E-state index >= 15 is 0 Å². The smallest absolute Gasteiger partial charge is 0.303 e. The number of methoxy groups -OCH3 is 1. The standard InChI is InChI=1S/C31H38N2O5/c1-21(2)17-28(26-15-14-24(33(3)4)19-29(26)37-5)32-31(36)27-18-22(11-12-23(27)13-16-30(34)35)20-38-25-9-7-6-8-10-25/h6-12,14-15,18-19,21,28H,13,16-17,20H2,1-5H3,(H,32,36)(H,34,35). The van der Waals surface area contributed by atoms with Gasteiger partial charge in [0.2, 0.25) is 0 Å². The molecule has 0 fully saturated rings. The first-order valence-corrected chi connectivity index (χ1v) is 12.9. The molecule has 202 valence electrons. The first-order chi connectivity index (χ1) is 18.2. The second-order valence-corrected chi connectivity index (χ2v) is 9.96. The van der Waals surface area contributed by atoms with Crippen LogP contribution in [0.15, 0.2) is 66.7 Å². The summed E-state index contributed by atoms with van der Waals surface area (Å²) in [6.07, 6.45) is 0.910. The molecule has 3 aromatic rings. The summed E-state index contributed by atoms with van der Waals surface area (Å²) in [5.41, 5.74) is 3.87. The molecule has 1 atom stereocenters. The van der Waals surface area contributed by atoms with Crippen LogP contribution >= 0.6 is 0 Å². The minimum absolute atomic E-state index is 0.0601. The van der Waals surface area contributed by atoms with Gasteiger partial charge in [0.25, 0.3) is 5.91 Å². The SMILES string of the molecule is COc1cc(N(C)C)ccc1C(CC(C)C)NC(=O)c1cc(COc2ccccc2)ccc1CCC(=O)O. The van der Waals surface area contributed by atoms with Gasteiger partial charge in [0.05, 0.1) is 13.2 Å². The molecule has 0 heterocycles. The van der Waals surface area contributed by atoms with Crippen LogP contribution in [0.25, 0.3) is 0 Å². The zero-order valence-electron chi connectivity index (χ0n) is 22.9. The lowest BCUT2D eigenvalue weighted by molar-refractivity contribution is -0.136. The predicted molar refractivity (Wildman–Crippen MR) is 150 cm³/mol. The highest BCUT2D eigenvalue weighted by Gasteiger charge is 2.23. The Labute approximate surface area is 225 Å². The number of aryl methyl sites for hydroxylation is 1. The summed E-state index contributed by atoms with van der Waals surface area (Å²) < 4.78 is 11.6. The van der Waals surface area contributed by atoms with E-state index in [1.807, 2.05) is 79.7 Å². The van der Waals surface area contributed by atoms with Gasteiger partial charge in [-0.25, -0.2) is 0 Å². The number of carbonyl (C=O) groups excluding carboxylic acids is 1. The van der Waals surface area contributed by atoms with E-state index in [2.05, 4.69) is 19.2 Å². The Kier molecular flexibility index (Phi) is 10.2. The van der Waals surface area contributed by atoms with Gasteiger partial charge in [0.15, 0.2) is 0 Å². The molecule has 0 aliphatic heterocycles. The van der Waals surface area contributed by atoms with Crippen molar-refractivity contribution in [2.24, 2.45) is 5.92 Å². The summed E-state index contributed by atoms with van der Waals surface area (Å²) in [5.74, 6) is 0.597. The molecule has 0 radical (unpaired) electrons. The molecule has 1 amide bonds. The highest BCUT2D eigenvalue weighted by Crippen LogP contribution is 2.33. The number of benzene rings is 3. The number of hydrogen-bond acceptors (Lipinski definition) is 5. The van der Waals surface area contributed by atoms with Crippen LogP contribution in [0, 0.1) is 5.92 Å². The Morgan fingerprint density at radius 2 is 1.74 bits per heavy atom. The van der Waals surface area contributed by atoms with Gasteiger partial charge in [-0.3, -0.25) is 9.59 Å². The number of amides is 1. The van der Waals surface area contributed by atoms with Crippen LogP contribution in [0.3, 0.4) is 0 Å². The third-order valence-corrected chi connectivity index (χ3v) is 6.30. The molecule has 0 bridgehead atoms. The summed E-state index contributed by atoms with van der Waals surface area (Å²) >= 11 is 0. The van der Waals surface area contributed by atoms with Crippen LogP contribution in [0.5, 0.6) is 11.5 Å². The van der Waals surface area contributed by atoms with Crippen LogP contribution in [0.4, 0.5) is 5.69 Å². The molecule has 0 aliphatic rings. The fourth-order valence-electron chi connectivity index (χ4n) is 4.30. The number of anilines is 1. The zero-order valence-corrected chi connectivity index (χ0v) is 22.9. The van der Waals surface area contributed by atoms with Crippen LogP contribution in [-0.4, -0.2) is 38.2 Å². The average molecular weight is 519 g/mol. The summed E-state index contributed by atoms with van der Waals surface area (Å²) in [6.45, 7) is 4.51. The van der Waals surface area contributed by atoms with E-state index < -0.39 is 5.97 Å². The molecule has 38 heavy (non-hydrogen) atoms. The van der Waals surface area contributed by atoms with Crippen molar-refractivity contribution in [1.29, 1.82) is 0 Å². The molecular weight excluding hydrogens is 480 g/mol. The molecule has 3 rings (SSSR count). The first-order valence-electron chi connectivity index (χ1n) is 12.9. The predicted octanol–water partition coefficient (Wildman–Crippen LogP) is 5.87. The Morgan fingerprint density at radius 1 is 1.00 bits per heavy atom. The third-order valence-electron chi connectivity index (χ3n) is 6.30. The van der Waals surface area contributed by atoms with Crippen molar-refractivity contribution in [3.63, 3.8) is 0 Å². The molecular formula is C31H38N2O5. The molecule has 7 heteroatoms. The topological polar surface area (TPSA) is 88.1 Å². The number of hydrogen-bond donors (Lipinski definition) is 2. The molecule has 0 saturated carbocycles. The summed E-state index contributed by atoms with van der Waals surface area (Å²) in [5, 5.41) is 12.5. The number of nitrogens with one attached hydrogen (secondary N) is 1. The molecule has 3 aromatic carbocycles. The summed E-state index contributed by atoms with van der Waals surface area (Å²) in [6, 6.07) is 20.7. The highest BCUT2D eigenvalue weighted by molar-refractivity contribution is 5.96. The fourth-order valence-corrected chi connectivity index (χ4v) is 4.30. The van der Waals surface area contributed by atoms with Gasteiger partial charge in [0, 0.05) is 43.4 Å². The Balaban J connectivity index is 1.92. The molecule has 0 aliphatic carbocycles. The van der Waals surface area contributed by atoms with E-state index in [-0.39, 0.29) is 24.8 Å². The van der Waals surface area contributed by atoms with Gasteiger partial charge in [-0.15, -0.1) is 0 Å². The van der Waals surface area contributed by atoms with Crippen molar-refractivity contribution in [2.75, 3.05) is 26.1 Å². The van der Waals surface area contributed by atoms with E-state index in [0.29, 0.717) is 35.8 Å². The average Bonchev–Trinajstić information content (AvgIpc) is 2.90. The lowest BCUT2D eigenvalue weighted by atomic mass is 9.94. The normalized spacial score (nSPS) is 11.6. The van der Waals surface area contributed by atoms with Crippen molar-refractivity contribution in [2.45, 2.75) is 45.8 Å². The molecule has 1 unspecified atom stereocenters. The Bertz CT molecular complexity index is 1220. The molecule has 0 saturated heterocycles. The summed E-state index contributed by atoms with van der Waals surface area (Å²) in [7, 11) is 5.57. The van der Waals surface area contributed by atoms with Gasteiger partial charge in [-0.2, -0.15) is 0 Å². The van der Waals surface area contributed by atoms with Crippen molar-refractivity contribution in [3.05, 3.63) is 89.0 Å². The first kappa shape index (κ1) is 28.6. The van der Waals surface area contributed by atoms with Crippen LogP contribution in [-0.2, 0) is 17.8 Å². The molecule has 0 spiro atoms. The van der Waals surface area contributed by atoms with Crippen molar-refractivity contribution in [1.82, 2.24) is 5.32 Å². The lowest BCUT2D eigenvalue weighted by Crippen LogP contribution is -2.31. The quantitative estimate of drug-likeness (QED) is 0.294. The minimum atomic E-state index is -0.906. The highest BCUT2D eigenvalue weighted by atomic mass is 16.5. The zero-order chi connectivity index (χ0) is 27.7. The maximum atomic E-state index is 13.7. The van der Waals surface area contributed by atoms with E-state index in [4.69, 9.17) is 9.47 Å². The summed E-state index contributed by atoms with van der Waals surface area (Å²) in [4.78, 5) is 27.0. The van der Waals surface area contributed by atoms with Crippen molar-refractivity contribution < 1.29 is 24.2 Å². The Hall–Kier alpha value is -4.00. The second kappa shape index (κ2) is 13.5. The van der Waals surface area contributed by atoms with Crippen molar-refractivity contribution >= 4 is 17.6 Å². The third kappa shape index (κ3) is 8.00. The monoisotopic (exact) mass is 518 g/mol. The number of carboxylic acids is 1. The van der Waals surface area contributed by atoms with Crippen LogP contribution < -0.4 is 19.7 Å². The van der Waals surface area contributed by atoms with E-state index in [0.717, 1.165) is 22.6 Å². The van der Waals surface area contributed by atoms with Gasteiger partial charge in [-0.05, 0) is 54.2 Å². The van der Waals surface area contributed by atoms with Gasteiger partial charge in [-0.1, -0.05) is 50.2 Å². The number of rotatable bonds is 13. The molecule has 7 nitrogen and oxygen atoms in total. The van der Waals surface area contributed by atoms with Crippen LogP contribution in [0.1, 0.15) is 59.8 Å². The number of carbonyl (C=O) groups is 2. The second-order valence-electron chi connectivity index (χ2n) is 9.96. The van der Waals surface area contributed by atoms with E-state index in [1.165, 1.54) is 0 Å². The van der Waals surface area contributed by atoms with E-state index in [1.54, 1.807) is 13.2 Å². The van der Waals surface area contributed by atoms with E-state index in [9.17, 15) is 14.7 Å². The molecule has 0 aromatic heterocycles. The lowest BCUT2D eigenvalue weighted by Gasteiger charge is -2.25. The largest absolute Gasteiger partial charge is 0.496 e. The molecule has 2 N–H and O–H groups in total. The Morgan fingerprint density at radius 3 is 2.37 bits per heavy atom. The van der Waals surface area contributed by atoms with Gasteiger partial charge in [0.1, 0.15) is 18.1 Å². The number of aliphatic carboxylic acids is 1. The number of nitrogens with zero attached hydrogens (tertiary/aromatic N) is 1. The number of ether oxygens (including phenoxy) is 2. The van der Waals surface area contributed by atoms with Crippen LogP contribution in [0.2, 0.25) is 0 Å².